The number of rotatable bonds is 5. The van der Waals surface area contributed by atoms with Crippen molar-refractivity contribution in [1.29, 1.82) is 0 Å². The van der Waals surface area contributed by atoms with Crippen LogP contribution in [0.25, 0.3) is 11.1 Å². The number of aryl methyl sites for hydroxylation is 1. The molecular weight excluding hydrogens is 396 g/mol. The lowest BCUT2D eigenvalue weighted by Crippen LogP contribution is -2.23. The summed E-state index contributed by atoms with van der Waals surface area (Å²) in [4.78, 5) is 16.9. The maximum absolute atomic E-state index is 12.7. The Balaban J connectivity index is 1.92. The quantitative estimate of drug-likeness (QED) is 0.683. The van der Waals surface area contributed by atoms with Crippen LogP contribution >= 0.6 is 11.6 Å². The van der Waals surface area contributed by atoms with Gasteiger partial charge in [0.1, 0.15) is 0 Å². The number of nitrogens with one attached hydrogen (secondary N) is 1. The van der Waals surface area contributed by atoms with Gasteiger partial charge in [-0.3, -0.25) is 9.78 Å². The van der Waals surface area contributed by atoms with Crippen LogP contribution in [0.3, 0.4) is 0 Å². The zero-order chi connectivity index (χ0) is 20.3. The highest BCUT2D eigenvalue weighted by Crippen LogP contribution is 2.26. The van der Waals surface area contributed by atoms with Crippen LogP contribution < -0.4 is 5.32 Å². The summed E-state index contributed by atoms with van der Waals surface area (Å²) in [5.74, 6) is -0.360. The van der Waals surface area contributed by atoms with Crippen LogP contribution in [0.2, 0.25) is 5.02 Å². The molecule has 0 aliphatic heterocycles. The first-order chi connectivity index (χ1) is 13.2. The maximum Gasteiger partial charge on any atom is 0.251 e. The number of nitrogens with zero attached hydrogens (tertiary/aromatic N) is 1. The molecule has 0 aliphatic carbocycles. The second-order valence-corrected chi connectivity index (χ2v) is 8.97. The molecule has 1 amide bonds. The van der Waals surface area contributed by atoms with E-state index in [0.29, 0.717) is 17.1 Å². The van der Waals surface area contributed by atoms with Gasteiger partial charge in [-0.05, 0) is 60.0 Å². The van der Waals surface area contributed by atoms with Gasteiger partial charge in [0, 0.05) is 35.3 Å². The van der Waals surface area contributed by atoms with E-state index in [1.165, 1.54) is 6.07 Å². The zero-order valence-corrected chi connectivity index (χ0v) is 17.0. The highest BCUT2D eigenvalue weighted by atomic mass is 35.5. The number of carbonyl (C=O) groups excluding carboxylic acids is 1. The molecule has 1 aromatic heterocycles. The van der Waals surface area contributed by atoms with Crippen LogP contribution in [0.1, 0.15) is 21.6 Å². The lowest BCUT2D eigenvalue weighted by Gasteiger charge is -2.10. The molecule has 5 nitrogen and oxygen atoms in total. The van der Waals surface area contributed by atoms with E-state index in [0.717, 1.165) is 23.1 Å². The van der Waals surface area contributed by atoms with Crippen LogP contribution in [0.4, 0.5) is 0 Å². The predicted molar refractivity (Wildman–Crippen MR) is 110 cm³/mol. The minimum Gasteiger partial charge on any atom is -0.348 e. The molecule has 0 fully saturated rings. The van der Waals surface area contributed by atoms with Crippen molar-refractivity contribution in [2.75, 3.05) is 6.26 Å². The van der Waals surface area contributed by atoms with Crippen LogP contribution in [0.15, 0.2) is 65.7 Å². The van der Waals surface area contributed by atoms with Crippen LogP contribution in [0, 0.1) is 6.92 Å². The van der Waals surface area contributed by atoms with Gasteiger partial charge in [-0.25, -0.2) is 8.42 Å². The van der Waals surface area contributed by atoms with Gasteiger partial charge in [-0.1, -0.05) is 29.8 Å². The summed E-state index contributed by atoms with van der Waals surface area (Å²) in [7, 11) is -3.49. The summed E-state index contributed by atoms with van der Waals surface area (Å²) in [6.07, 6.45) is 2.81. The summed E-state index contributed by atoms with van der Waals surface area (Å²) < 4.78 is 24.2. The van der Waals surface area contributed by atoms with E-state index in [1.54, 1.807) is 42.6 Å². The van der Waals surface area contributed by atoms with Crippen molar-refractivity contribution in [1.82, 2.24) is 10.3 Å². The molecule has 144 valence electrons. The molecule has 7 heteroatoms. The number of benzene rings is 2. The summed E-state index contributed by atoms with van der Waals surface area (Å²) in [5, 5.41) is 3.38. The first kappa shape index (κ1) is 20.0. The van der Waals surface area contributed by atoms with Crippen molar-refractivity contribution in [2.24, 2.45) is 0 Å². The molecule has 0 unspecified atom stereocenters. The third-order valence-electron chi connectivity index (χ3n) is 4.20. The fourth-order valence-electron chi connectivity index (χ4n) is 2.64. The van der Waals surface area contributed by atoms with Crippen LogP contribution in [-0.2, 0) is 16.4 Å². The van der Waals surface area contributed by atoms with Gasteiger partial charge in [-0.15, -0.1) is 0 Å². The molecule has 0 saturated heterocycles. The molecule has 3 aromatic rings. The van der Waals surface area contributed by atoms with Crippen molar-refractivity contribution in [3.05, 3.63) is 82.6 Å². The largest absolute Gasteiger partial charge is 0.348 e. The molecule has 0 bridgehead atoms. The lowest BCUT2D eigenvalue weighted by molar-refractivity contribution is 0.0950. The first-order valence-corrected chi connectivity index (χ1v) is 10.8. The van der Waals surface area contributed by atoms with E-state index in [1.807, 2.05) is 19.1 Å². The number of aromatic nitrogens is 1. The van der Waals surface area contributed by atoms with E-state index in [4.69, 9.17) is 11.6 Å². The van der Waals surface area contributed by atoms with Gasteiger partial charge in [0.2, 0.25) is 0 Å². The van der Waals surface area contributed by atoms with Crippen molar-refractivity contribution in [2.45, 2.75) is 18.4 Å². The Labute approximate surface area is 169 Å². The SMILES string of the molecule is Cc1ccc(CNC(=O)c2cc(-c3ccc(Cl)cc3)cc(S(C)(=O)=O)c2)cn1. The Hall–Kier alpha value is -2.70. The number of halogens is 1. The molecule has 1 N–H and O–H groups in total. The highest BCUT2D eigenvalue weighted by molar-refractivity contribution is 7.90. The molecule has 28 heavy (non-hydrogen) atoms. The minimum absolute atomic E-state index is 0.0853. The molecule has 0 radical (unpaired) electrons. The number of amides is 1. The zero-order valence-electron chi connectivity index (χ0n) is 15.4. The monoisotopic (exact) mass is 414 g/mol. The number of pyridine rings is 1. The molecule has 3 rings (SSSR count). The average Bonchev–Trinajstić information content (AvgIpc) is 2.67. The van der Waals surface area contributed by atoms with Crippen LogP contribution in [0.5, 0.6) is 0 Å². The average molecular weight is 415 g/mol. The summed E-state index contributed by atoms with van der Waals surface area (Å²) in [5.41, 5.74) is 3.42. The van der Waals surface area contributed by atoms with E-state index >= 15 is 0 Å². The van der Waals surface area contributed by atoms with Crippen molar-refractivity contribution in [3.63, 3.8) is 0 Å². The van der Waals surface area contributed by atoms with Gasteiger partial charge in [0.05, 0.1) is 4.90 Å². The summed E-state index contributed by atoms with van der Waals surface area (Å²) >= 11 is 5.93. The number of hydrogen-bond donors (Lipinski definition) is 1. The van der Waals surface area contributed by atoms with E-state index in [-0.39, 0.29) is 16.4 Å². The Morgan fingerprint density at radius 2 is 1.75 bits per heavy atom. The van der Waals surface area contributed by atoms with Crippen molar-refractivity contribution in [3.8, 4) is 11.1 Å². The Kier molecular flexibility index (Phi) is 5.82. The second kappa shape index (κ2) is 8.12. The fraction of sp³-hybridized carbons (Fsp3) is 0.143. The Morgan fingerprint density at radius 3 is 2.36 bits per heavy atom. The molecule has 0 saturated carbocycles. The first-order valence-electron chi connectivity index (χ1n) is 8.53. The van der Waals surface area contributed by atoms with Gasteiger partial charge in [-0.2, -0.15) is 0 Å². The minimum atomic E-state index is -3.49. The molecule has 0 atom stereocenters. The van der Waals surface area contributed by atoms with E-state index in [9.17, 15) is 13.2 Å². The highest BCUT2D eigenvalue weighted by Gasteiger charge is 2.15. The molecule has 1 heterocycles. The standard InChI is InChI=1S/C21H19ClN2O3S/c1-14-3-4-15(12-23-14)13-24-21(25)18-9-17(10-20(11-18)28(2,26)27)16-5-7-19(22)8-6-16/h3-12H,13H2,1-2H3,(H,24,25). The topological polar surface area (TPSA) is 76.1 Å². The molecule has 0 spiro atoms. The second-order valence-electron chi connectivity index (χ2n) is 6.52. The molecular formula is C21H19ClN2O3S. The number of carbonyl (C=O) groups is 1. The lowest BCUT2D eigenvalue weighted by atomic mass is 10.0. The van der Waals surface area contributed by atoms with E-state index in [2.05, 4.69) is 10.3 Å². The van der Waals surface area contributed by atoms with Gasteiger partial charge in [0.25, 0.3) is 5.91 Å². The van der Waals surface area contributed by atoms with Gasteiger partial charge < -0.3 is 5.32 Å². The van der Waals surface area contributed by atoms with E-state index < -0.39 is 9.84 Å². The number of sulfone groups is 1. The molecule has 2 aromatic carbocycles. The Morgan fingerprint density at radius 1 is 1.04 bits per heavy atom. The third-order valence-corrected chi connectivity index (χ3v) is 5.54. The summed E-state index contributed by atoms with van der Waals surface area (Å²) in [6.45, 7) is 2.18. The van der Waals surface area contributed by atoms with Crippen LogP contribution in [-0.4, -0.2) is 25.6 Å². The maximum atomic E-state index is 12.7. The normalized spacial score (nSPS) is 11.2. The van der Waals surface area contributed by atoms with Gasteiger partial charge in [0.15, 0.2) is 9.84 Å². The predicted octanol–water partition coefficient (Wildman–Crippen LogP) is 4.04. The smallest absolute Gasteiger partial charge is 0.251 e. The van der Waals surface area contributed by atoms with Gasteiger partial charge >= 0.3 is 0 Å². The molecule has 0 aliphatic rings. The third kappa shape index (κ3) is 4.97. The summed E-state index contributed by atoms with van der Waals surface area (Å²) in [6, 6.07) is 15.4. The van der Waals surface area contributed by atoms with Crippen molar-refractivity contribution < 1.29 is 13.2 Å². The fourth-order valence-corrected chi connectivity index (χ4v) is 3.45. The Bertz CT molecular complexity index is 1110. The number of hydrogen-bond acceptors (Lipinski definition) is 4. The van der Waals surface area contributed by atoms with Crippen molar-refractivity contribution >= 4 is 27.3 Å².